The summed E-state index contributed by atoms with van der Waals surface area (Å²) in [4.78, 5) is 4.32. The minimum absolute atomic E-state index is 0.718. The van der Waals surface area contributed by atoms with Crippen LogP contribution < -0.4 is 9.47 Å². The molecule has 0 aliphatic carbocycles. The molecule has 0 fully saturated rings. The van der Waals surface area contributed by atoms with Gasteiger partial charge in [0, 0.05) is 33.5 Å². The van der Waals surface area contributed by atoms with E-state index >= 15 is 0 Å². The third kappa shape index (κ3) is 2.74. The van der Waals surface area contributed by atoms with Gasteiger partial charge in [-0.3, -0.25) is 4.98 Å². The molecule has 0 N–H and O–H groups in total. The molecule has 0 aliphatic rings. The van der Waals surface area contributed by atoms with Crippen LogP contribution in [0.25, 0.3) is 21.8 Å². The van der Waals surface area contributed by atoms with Gasteiger partial charge in [0.1, 0.15) is 11.5 Å². The number of rotatable bonds is 4. The number of aromatic nitrogens is 2. The molecule has 0 atom stereocenters. The monoisotopic (exact) mass is 396 g/mol. The maximum atomic E-state index is 5.40. The van der Waals surface area contributed by atoms with Crippen molar-refractivity contribution in [1.82, 2.24) is 9.55 Å². The number of hydrogen-bond donors (Lipinski definition) is 0. The summed E-state index contributed by atoms with van der Waals surface area (Å²) in [7, 11) is 3.37. The fourth-order valence-corrected chi connectivity index (χ4v) is 3.56. The number of methoxy groups -OCH3 is 2. The third-order valence-corrected chi connectivity index (χ3v) is 5.23. The minimum atomic E-state index is 0.718. The van der Waals surface area contributed by atoms with E-state index in [1.54, 1.807) is 14.2 Å². The van der Waals surface area contributed by atoms with Crippen molar-refractivity contribution < 1.29 is 9.47 Å². The topological polar surface area (TPSA) is 36.3 Å². The second-order valence-corrected chi connectivity index (χ2v) is 6.67. The molecule has 4 nitrogen and oxygen atoms in total. The van der Waals surface area contributed by atoms with Crippen LogP contribution in [-0.2, 0) is 6.54 Å². The fraction of sp³-hybridized carbons (Fsp3) is 0.150. The Hall–Kier alpha value is -2.53. The Bertz CT molecular complexity index is 1070. The van der Waals surface area contributed by atoms with Crippen molar-refractivity contribution in [3.63, 3.8) is 0 Å². The number of ether oxygens (including phenoxy) is 2. The molecule has 4 aromatic rings. The van der Waals surface area contributed by atoms with Gasteiger partial charge in [0.2, 0.25) is 0 Å². The van der Waals surface area contributed by atoms with Crippen LogP contribution in [0.1, 0.15) is 5.56 Å². The summed E-state index contributed by atoms with van der Waals surface area (Å²) in [5.41, 5.74) is 3.40. The Morgan fingerprint density at radius 2 is 1.68 bits per heavy atom. The molecule has 4 rings (SSSR count). The van der Waals surface area contributed by atoms with Gasteiger partial charge >= 0.3 is 0 Å². The van der Waals surface area contributed by atoms with Gasteiger partial charge in [-0.15, -0.1) is 0 Å². The van der Waals surface area contributed by atoms with Gasteiger partial charge in [0.05, 0.1) is 25.9 Å². The van der Waals surface area contributed by atoms with Crippen molar-refractivity contribution in [3.05, 3.63) is 64.9 Å². The van der Waals surface area contributed by atoms with Crippen molar-refractivity contribution in [2.75, 3.05) is 14.2 Å². The summed E-state index contributed by atoms with van der Waals surface area (Å²) in [6.45, 7) is 0.718. The van der Waals surface area contributed by atoms with Crippen LogP contribution in [-0.4, -0.2) is 23.8 Å². The lowest BCUT2D eigenvalue weighted by Gasteiger charge is -2.11. The van der Waals surface area contributed by atoms with Gasteiger partial charge in [-0.1, -0.05) is 15.9 Å². The van der Waals surface area contributed by atoms with Crippen molar-refractivity contribution >= 4 is 37.7 Å². The molecule has 2 aromatic heterocycles. The Morgan fingerprint density at radius 1 is 0.920 bits per heavy atom. The number of pyridine rings is 1. The molecule has 0 radical (unpaired) electrons. The van der Waals surface area contributed by atoms with E-state index in [0.717, 1.165) is 44.5 Å². The van der Waals surface area contributed by atoms with Crippen LogP contribution in [0, 0.1) is 0 Å². The van der Waals surface area contributed by atoms with Crippen molar-refractivity contribution in [2.45, 2.75) is 6.54 Å². The van der Waals surface area contributed by atoms with Gasteiger partial charge in [0.25, 0.3) is 0 Å². The smallest absolute Gasteiger partial charge is 0.119 e. The molecule has 0 unspecified atom stereocenters. The lowest BCUT2D eigenvalue weighted by atomic mass is 10.2. The first-order chi connectivity index (χ1) is 12.2. The van der Waals surface area contributed by atoms with E-state index in [0.29, 0.717) is 0 Å². The van der Waals surface area contributed by atoms with Gasteiger partial charge in [-0.05, 0) is 48.0 Å². The SMILES string of the molecule is COc1ccc(Br)c(Cn2c3ccc(OC)cc3c3ccncc32)c1. The molecule has 2 heterocycles. The molecule has 0 bridgehead atoms. The maximum Gasteiger partial charge on any atom is 0.119 e. The number of benzene rings is 2. The first-order valence-electron chi connectivity index (χ1n) is 7.93. The highest BCUT2D eigenvalue weighted by molar-refractivity contribution is 9.10. The molecular weight excluding hydrogens is 380 g/mol. The van der Waals surface area contributed by atoms with Gasteiger partial charge in [0.15, 0.2) is 0 Å². The quantitative estimate of drug-likeness (QED) is 0.485. The highest BCUT2D eigenvalue weighted by Crippen LogP contribution is 2.33. The molecule has 126 valence electrons. The predicted molar refractivity (Wildman–Crippen MR) is 104 cm³/mol. The number of hydrogen-bond acceptors (Lipinski definition) is 3. The van der Waals surface area contributed by atoms with Gasteiger partial charge in [-0.2, -0.15) is 0 Å². The molecule has 5 heteroatoms. The van der Waals surface area contributed by atoms with E-state index in [9.17, 15) is 0 Å². The second kappa shape index (κ2) is 6.41. The fourth-order valence-electron chi connectivity index (χ4n) is 3.19. The Morgan fingerprint density at radius 3 is 2.48 bits per heavy atom. The average molecular weight is 397 g/mol. The summed E-state index contributed by atoms with van der Waals surface area (Å²) < 4.78 is 14.1. The van der Waals surface area contributed by atoms with E-state index in [1.165, 1.54) is 5.39 Å². The summed E-state index contributed by atoms with van der Waals surface area (Å²) in [6, 6.07) is 14.2. The standard InChI is InChI=1S/C20H17BrN2O2/c1-24-14-3-5-18(21)13(9-14)12-23-19-6-4-15(25-2)10-17(19)16-7-8-22-11-20(16)23/h3-11H,12H2,1-2H3. The van der Waals surface area contributed by atoms with Crippen molar-refractivity contribution in [2.24, 2.45) is 0 Å². The number of halogens is 1. The summed E-state index contributed by atoms with van der Waals surface area (Å²) >= 11 is 3.65. The Kier molecular flexibility index (Phi) is 4.09. The van der Waals surface area contributed by atoms with Crippen LogP contribution in [0.15, 0.2) is 59.3 Å². The third-order valence-electron chi connectivity index (χ3n) is 4.46. The van der Waals surface area contributed by atoms with Crippen LogP contribution in [0.4, 0.5) is 0 Å². The molecule has 0 saturated heterocycles. The highest BCUT2D eigenvalue weighted by Gasteiger charge is 2.13. The van der Waals surface area contributed by atoms with E-state index in [2.05, 4.69) is 43.7 Å². The highest BCUT2D eigenvalue weighted by atomic mass is 79.9. The molecule has 25 heavy (non-hydrogen) atoms. The van der Waals surface area contributed by atoms with Crippen molar-refractivity contribution in [3.8, 4) is 11.5 Å². The molecular formula is C20H17BrN2O2. The van der Waals surface area contributed by atoms with E-state index < -0.39 is 0 Å². The summed E-state index contributed by atoms with van der Waals surface area (Å²) in [6.07, 6.45) is 3.74. The maximum absolute atomic E-state index is 5.40. The first-order valence-corrected chi connectivity index (χ1v) is 8.73. The number of fused-ring (bicyclic) bond motifs is 3. The Labute approximate surface area is 154 Å². The molecule has 0 spiro atoms. The average Bonchev–Trinajstić information content (AvgIpc) is 2.97. The summed E-state index contributed by atoms with van der Waals surface area (Å²) in [5, 5.41) is 2.33. The normalized spacial score (nSPS) is 11.2. The van der Waals surface area contributed by atoms with Gasteiger partial charge < -0.3 is 14.0 Å². The molecule has 0 amide bonds. The second-order valence-electron chi connectivity index (χ2n) is 5.82. The zero-order chi connectivity index (χ0) is 17.4. The zero-order valence-corrected chi connectivity index (χ0v) is 15.6. The van der Waals surface area contributed by atoms with Gasteiger partial charge in [-0.25, -0.2) is 0 Å². The van der Waals surface area contributed by atoms with Crippen LogP contribution >= 0.6 is 15.9 Å². The zero-order valence-electron chi connectivity index (χ0n) is 14.0. The van der Waals surface area contributed by atoms with Crippen LogP contribution in [0.5, 0.6) is 11.5 Å². The lowest BCUT2D eigenvalue weighted by Crippen LogP contribution is -2.01. The molecule has 0 saturated carbocycles. The van der Waals surface area contributed by atoms with E-state index in [4.69, 9.17) is 9.47 Å². The van der Waals surface area contributed by atoms with Crippen molar-refractivity contribution in [1.29, 1.82) is 0 Å². The first kappa shape index (κ1) is 16.0. The minimum Gasteiger partial charge on any atom is -0.497 e. The van der Waals surface area contributed by atoms with E-state index in [-0.39, 0.29) is 0 Å². The molecule has 0 aliphatic heterocycles. The largest absolute Gasteiger partial charge is 0.497 e. The Balaban J connectivity index is 1.94. The lowest BCUT2D eigenvalue weighted by molar-refractivity contribution is 0.414. The van der Waals surface area contributed by atoms with E-state index in [1.807, 2.05) is 36.7 Å². The van der Waals surface area contributed by atoms with Crippen LogP contribution in [0.3, 0.4) is 0 Å². The number of nitrogens with zero attached hydrogens (tertiary/aromatic N) is 2. The molecule has 2 aromatic carbocycles. The predicted octanol–water partition coefficient (Wildman–Crippen LogP) is 5.02. The summed E-state index contributed by atoms with van der Waals surface area (Å²) in [5.74, 6) is 1.70. The van der Waals surface area contributed by atoms with Crippen LogP contribution in [0.2, 0.25) is 0 Å².